The molecule has 4 rings (SSSR count). The summed E-state index contributed by atoms with van der Waals surface area (Å²) in [6.07, 6.45) is 8.79. The largest absolute Gasteiger partial charge is 0.497 e. The average Bonchev–Trinajstić information content (AvgIpc) is 3.39. The molecule has 1 aliphatic heterocycles. The molecule has 0 bridgehead atoms. The molecule has 0 saturated carbocycles. The van der Waals surface area contributed by atoms with E-state index in [1.54, 1.807) is 36.5 Å². The number of amides is 1. The van der Waals surface area contributed by atoms with Gasteiger partial charge in [-0.15, -0.1) is 0 Å². The van der Waals surface area contributed by atoms with Crippen LogP contribution in [0.15, 0.2) is 61.3 Å². The van der Waals surface area contributed by atoms with E-state index in [4.69, 9.17) is 4.74 Å². The molecule has 0 spiro atoms. The Balaban J connectivity index is 1.62. The van der Waals surface area contributed by atoms with E-state index >= 15 is 0 Å². The smallest absolute Gasteiger partial charge is 0.254 e. The molecule has 2 aromatic heterocycles. The average molecular weight is 348 g/mol. The zero-order valence-corrected chi connectivity index (χ0v) is 14.6. The van der Waals surface area contributed by atoms with Crippen LogP contribution in [0.1, 0.15) is 34.8 Å². The molecule has 3 heterocycles. The van der Waals surface area contributed by atoms with Crippen molar-refractivity contribution in [2.24, 2.45) is 0 Å². The summed E-state index contributed by atoms with van der Waals surface area (Å²) in [5.74, 6) is 1.53. The van der Waals surface area contributed by atoms with E-state index in [1.165, 1.54) is 0 Å². The van der Waals surface area contributed by atoms with Crippen LogP contribution in [0.4, 0.5) is 0 Å². The SMILES string of the molecule is COc1cccc([C@H]2CCCN2C(=O)c2ccnc(-n3ccnc3)c2)c1. The lowest BCUT2D eigenvalue weighted by molar-refractivity contribution is 0.0735. The molecule has 1 fully saturated rings. The van der Waals surface area contributed by atoms with Crippen molar-refractivity contribution in [3.8, 4) is 11.6 Å². The normalized spacial score (nSPS) is 16.7. The van der Waals surface area contributed by atoms with Gasteiger partial charge in [-0.25, -0.2) is 9.97 Å². The van der Waals surface area contributed by atoms with Crippen LogP contribution in [-0.2, 0) is 0 Å². The maximum atomic E-state index is 13.1. The second kappa shape index (κ2) is 7.00. The molecule has 1 aliphatic rings. The number of imidazole rings is 1. The lowest BCUT2D eigenvalue weighted by Crippen LogP contribution is -2.30. The number of ether oxygens (including phenoxy) is 1. The number of aromatic nitrogens is 3. The van der Waals surface area contributed by atoms with Crippen LogP contribution < -0.4 is 4.74 Å². The van der Waals surface area contributed by atoms with Gasteiger partial charge in [0.05, 0.1) is 13.2 Å². The third kappa shape index (κ3) is 3.06. The van der Waals surface area contributed by atoms with Crippen LogP contribution in [0.3, 0.4) is 0 Å². The molecular weight excluding hydrogens is 328 g/mol. The van der Waals surface area contributed by atoms with Crippen molar-refractivity contribution in [2.45, 2.75) is 18.9 Å². The summed E-state index contributed by atoms with van der Waals surface area (Å²) in [5, 5.41) is 0. The Morgan fingerprint density at radius 2 is 2.15 bits per heavy atom. The summed E-state index contributed by atoms with van der Waals surface area (Å²) in [6.45, 7) is 0.753. The Morgan fingerprint density at radius 1 is 1.23 bits per heavy atom. The molecule has 0 unspecified atom stereocenters. The molecule has 0 aliphatic carbocycles. The number of benzene rings is 1. The molecular formula is C20H20N4O2. The number of carbonyl (C=O) groups excluding carboxylic acids is 1. The van der Waals surface area contributed by atoms with Crippen LogP contribution in [0.5, 0.6) is 5.75 Å². The highest BCUT2D eigenvalue weighted by molar-refractivity contribution is 5.95. The number of rotatable bonds is 4. The minimum Gasteiger partial charge on any atom is -0.497 e. The minimum absolute atomic E-state index is 0.0269. The topological polar surface area (TPSA) is 60.2 Å². The van der Waals surface area contributed by atoms with Gasteiger partial charge in [-0.3, -0.25) is 9.36 Å². The first-order valence-electron chi connectivity index (χ1n) is 8.65. The molecule has 6 nitrogen and oxygen atoms in total. The van der Waals surface area contributed by atoms with Crippen molar-refractivity contribution < 1.29 is 9.53 Å². The third-order valence-corrected chi connectivity index (χ3v) is 4.75. The standard InChI is InChI=1S/C20H20N4O2/c1-26-17-5-2-4-15(12-17)18-6-3-10-24(18)20(25)16-7-8-22-19(13-16)23-11-9-21-14-23/h2,4-5,7-9,11-14,18H,3,6,10H2,1H3/t18-/m1/s1. The van der Waals surface area contributed by atoms with Gasteiger partial charge >= 0.3 is 0 Å². The van der Waals surface area contributed by atoms with Gasteiger partial charge in [0.25, 0.3) is 5.91 Å². The second-order valence-electron chi connectivity index (χ2n) is 6.31. The molecule has 0 radical (unpaired) electrons. The maximum absolute atomic E-state index is 13.1. The van der Waals surface area contributed by atoms with E-state index in [0.717, 1.165) is 30.7 Å². The lowest BCUT2D eigenvalue weighted by Gasteiger charge is -2.25. The summed E-state index contributed by atoms with van der Waals surface area (Å²) in [6, 6.07) is 11.6. The fourth-order valence-electron chi connectivity index (χ4n) is 3.46. The van der Waals surface area contributed by atoms with Gasteiger partial charge in [-0.05, 0) is 42.7 Å². The van der Waals surface area contributed by atoms with Gasteiger partial charge in [0.15, 0.2) is 0 Å². The number of likely N-dealkylation sites (tertiary alicyclic amines) is 1. The van der Waals surface area contributed by atoms with Crippen LogP contribution in [0, 0.1) is 0 Å². The van der Waals surface area contributed by atoms with Gasteiger partial charge in [0, 0.05) is 30.7 Å². The van der Waals surface area contributed by atoms with E-state index in [-0.39, 0.29) is 11.9 Å². The number of carbonyl (C=O) groups is 1. The van der Waals surface area contributed by atoms with E-state index < -0.39 is 0 Å². The number of pyridine rings is 1. The van der Waals surface area contributed by atoms with E-state index in [0.29, 0.717) is 11.4 Å². The third-order valence-electron chi connectivity index (χ3n) is 4.75. The van der Waals surface area contributed by atoms with Gasteiger partial charge in [-0.1, -0.05) is 12.1 Å². The van der Waals surface area contributed by atoms with E-state index in [1.807, 2.05) is 35.4 Å². The lowest BCUT2D eigenvalue weighted by atomic mass is 10.0. The molecule has 1 atom stereocenters. The highest BCUT2D eigenvalue weighted by atomic mass is 16.5. The van der Waals surface area contributed by atoms with E-state index in [2.05, 4.69) is 16.0 Å². The molecule has 0 N–H and O–H groups in total. The number of nitrogens with zero attached hydrogens (tertiary/aromatic N) is 4. The minimum atomic E-state index is 0.0269. The Bertz CT molecular complexity index is 908. The van der Waals surface area contributed by atoms with Crippen molar-refractivity contribution in [1.82, 2.24) is 19.4 Å². The number of methoxy groups -OCH3 is 1. The first kappa shape index (κ1) is 16.3. The van der Waals surface area contributed by atoms with Gasteiger partial charge in [0.2, 0.25) is 0 Å². The molecule has 1 amide bonds. The highest BCUT2D eigenvalue weighted by Gasteiger charge is 2.31. The monoisotopic (exact) mass is 348 g/mol. The van der Waals surface area contributed by atoms with Crippen LogP contribution in [0.2, 0.25) is 0 Å². The molecule has 26 heavy (non-hydrogen) atoms. The Kier molecular flexibility index (Phi) is 4.39. The van der Waals surface area contributed by atoms with Crippen molar-refractivity contribution in [2.75, 3.05) is 13.7 Å². The maximum Gasteiger partial charge on any atom is 0.254 e. The van der Waals surface area contributed by atoms with E-state index in [9.17, 15) is 4.79 Å². The number of hydrogen-bond acceptors (Lipinski definition) is 4. The van der Waals surface area contributed by atoms with Crippen LogP contribution >= 0.6 is 0 Å². The molecule has 6 heteroatoms. The van der Waals surface area contributed by atoms with Crippen LogP contribution in [-0.4, -0.2) is 39.0 Å². The Labute approximate surface area is 152 Å². The molecule has 1 saturated heterocycles. The fourth-order valence-corrected chi connectivity index (χ4v) is 3.46. The number of hydrogen-bond donors (Lipinski definition) is 0. The van der Waals surface area contributed by atoms with Gasteiger partial charge < -0.3 is 9.64 Å². The van der Waals surface area contributed by atoms with Crippen molar-refractivity contribution >= 4 is 5.91 Å². The molecule has 132 valence electrons. The predicted octanol–water partition coefficient (Wildman–Crippen LogP) is 3.25. The predicted molar refractivity (Wildman–Crippen MR) is 97.4 cm³/mol. The Hall–Kier alpha value is -3.15. The Morgan fingerprint density at radius 3 is 2.96 bits per heavy atom. The summed E-state index contributed by atoms with van der Waals surface area (Å²) in [4.78, 5) is 23.5. The summed E-state index contributed by atoms with van der Waals surface area (Å²) in [5.41, 5.74) is 1.75. The summed E-state index contributed by atoms with van der Waals surface area (Å²) < 4.78 is 7.12. The zero-order chi connectivity index (χ0) is 17.9. The van der Waals surface area contributed by atoms with Gasteiger partial charge in [0.1, 0.15) is 17.9 Å². The first-order valence-corrected chi connectivity index (χ1v) is 8.65. The zero-order valence-electron chi connectivity index (χ0n) is 14.6. The van der Waals surface area contributed by atoms with Crippen LogP contribution in [0.25, 0.3) is 5.82 Å². The quantitative estimate of drug-likeness (QED) is 0.726. The molecule has 1 aromatic carbocycles. The molecule has 3 aromatic rings. The summed E-state index contributed by atoms with van der Waals surface area (Å²) in [7, 11) is 1.66. The second-order valence-corrected chi connectivity index (χ2v) is 6.31. The van der Waals surface area contributed by atoms with Gasteiger partial charge in [-0.2, -0.15) is 0 Å². The van der Waals surface area contributed by atoms with Crippen molar-refractivity contribution in [3.05, 3.63) is 72.4 Å². The van der Waals surface area contributed by atoms with Crippen molar-refractivity contribution in [3.63, 3.8) is 0 Å². The first-order chi connectivity index (χ1) is 12.8. The summed E-state index contributed by atoms with van der Waals surface area (Å²) >= 11 is 0. The van der Waals surface area contributed by atoms with Crippen molar-refractivity contribution in [1.29, 1.82) is 0 Å². The highest BCUT2D eigenvalue weighted by Crippen LogP contribution is 2.34. The fraction of sp³-hybridized carbons (Fsp3) is 0.250.